The first-order chi connectivity index (χ1) is 11.6. The summed E-state index contributed by atoms with van der Waals surface area (Å²) in [4.78, 5) is 13.6. The molecule has 0 aliphatic carbocycles. The van der Waals surface area contributed by atoms with E-state index in [4.69, 9.17) is 14.7 Å². The van der Waals surface area contributed by atoms with Crippen molar-refractivity contribution in [1.82, 2.24) is 10.1 Å². The van der Waals surface area contributed by atoms with E-state index in [1.54, 1.807) is 4.90 Å². The van der Waals surface area contributed by atoms with Gasteiger partial charge in [0.25, 0.3) is 0 Å². The minimum atomic E-state index is -0.589. The van der Waals surface area contributed by atoms with Crippen molar-refractivity contribution in [1.29, 1.82) is 0 Å². The second-order valence-electron chi connectivity index (χ2n) is 7.06. The van der Waals surface area contributed by atoms with E-state index in [0.29, 0.717) is 31.5 Å². The molecule has 7 nitrogen and oxygen atoms in total. The zero-order valence-electron chi connectivity index (χ0n) is 14.7. The molecule has 1 aliphatic heterocycles. The van der Waals surface area contributed by atoms with Gasteiger partial charge in [-0.15, -0.1) is 0 Å². The van der Waals surface area contributed by atoms with Crippen molar-refractivity contribution in [2.75, 3.05) is 13.1 Å². The molecule has 1 amide bonds. The highest BCUT2D eigenvalue weighted by atomic mass is 19.1. The lowest BCUT2D eigenvalue weighted by Crippen LogP contribution is -2.44. The molecule has 1 N–H and O–H groups in total. The van der Waals surface area contributed by atoms with Gasteiger partial charge < -0.3 is 24.8 Å². The molecule has 0 spiro atoms. The van der Waals surface area contributed by atoms with Crippen LogP contribution in [0.4, 0.5) is 9.18 Å². The minimum absolute atomic E-state index is 0.0925. The quantitative estimate of drug-likeness (QED) is 0.834. The molecule has 0 radical (unpaired) electrons. The molecule has 0 aromatic heterocycles. The fourth-order valence-corrected chi connectivity index (χ4v) is 2.56. The van der Waals surface area contributed by atoms with E-state index in [1.165, 1.54) is 12.1 Å². The van der Waals surface area contributed by atoms with Gasteiger partial charge in [-0.25, -0.2) is 9.18 Å². The number of piperidine rings is 1. The number of hydroxylamine groups is 2. The number of hydrogen-bond acceptors (Lipinski definition) is 6. The van der Waals surface area contributed by atoms with E-state index in [-0.39, 0.29) is 29.7 Å². The molecule has 1 fully saturated rings. The first kappa shape index (κ1) is 19.4. The van der Waals surface area contributed by atoms with Gasteiger partial charge in [-0.3, -0.25) is 5.23 Å². The first-order valence-corrected chi connectivity index (χ1v) is 8.20. The number of benzene rings is 1. The Balaban J connectivity index is 1.87. The summed E-state index contributed by atoms with van der Waals surface area (Å²) in [6, 6.07) is 4.12. The van der Waals surface area contributed by atoms with Gasteiger partial charge in [-0.2, -0.15) is 0 Å². The summed E-state index contributed by atoms with van der Waals surface area (Å²) in [5, 5.41) is 19.0. The van der Waals surface area contributed by atoms with E-state index in [9.17, 15) is 14.4 Å². The second-order valence-corrected chi connectivity index (χ2v) is 7.06. The van der Waals surface area contributed by atoms with Crippen LogP contribution in [0.3, 0.4) is 0 Å². The summed E-state index contributed by atoms with van der Waals surface area (Å²) in [7, 11) is 0. The topological polar surface area (TPSA) is 85.3 Å². The largest absolute Gasteiger partial charge is 0.762 e. The third-order valence-corrected chi connectivity index (χ3v) is 3.70. The molecule has 1 saturated heterocycles. The lowest BCUT2D eigenvalue weighted by Gasteiger charge is -2.33. The highest BCUT2D eigenvalue weighted by Crippen LogP contribution is 2.24. The smallest absolute Gasteiger partial charge is 0.410 e. The van der Waals surface area contributed by atoms with Gasteiger partial charge in [0.15, 0.2) is 11.6 Å². The van der Waals surface area contributed by atoms with Gasteiger partial charge in [0.1, 0.15) is 11.7 Å². The van der Waals surface area contributed by atoms with Crippen molar-refractivity contribution < 1.29 is 23.9 Å². The number of ether oxygens (including phenoxy) is 2. The molecule has 0 unspecified atom stereocenters. The van der Waals surface area contributed by atoms with Crippen LogP contribution in [0.15, 0.2) is 18.2 Å². The van der Waals surface area contributed by atoms with Crippen LogP contribution >= 0.6 is 0 Å². The van der Waals surface area contributed by atoms with Gasteiger partial charge in [0, 0.05) is 32.5 Å². The van der Waals surface area contributed by atoms with Crippen molar-refractivity contribution in [2.24, 2.45) is 0 Å². The molecular formula is C17H24FN2O5-. The molecule has 8 heteroatoms. The Bertz CT molecular complexity index is 595. The monoisotopic (exact) mass is 355 g/mol. The summed E-state index contributed by atoms with van der Waals surface area (Å²) in [5.41, 5.74) is -0.189. The number of nitrogens with zero attached hydrogens (tertiary/aromatic N) is 2. The van der Waals surface area contributed by atoms with E-state index < -0.39 is 11.4 Å². The molecule has 0 bridgehead atoms. The molecule has 140 valence electrons. The zero-order valence-corrected chi connectivity index (χ0v) is 14.7. The van der Waals surface area contributed by atoms with Crippen LogP contribution in [0.5, 0.6) is 5.75 Å². The molecule has 1 aromatic rings. The van der Waals surface area contributed by atoms with Crippen molar-refractivity contribution in [2.45, 2.75) is 51.9 Å². The van der Waals surface area contributed by atoms with Gasteiger partial charge in [0.2, 0.25) is 0 Å². The van der Waals surface area contributed by atoms with Crippen LogP contribution in [0.2, 0.25) is 0 Å². The van der Waals surface area contributed by atoms with Crippen LogP contribution < -0.4 is 4.74 Å². The van der Waals surface area contributed by atoms with Crippen molar-refractivity contribution in [3.63, 3.8) is 0 Å². The average molecular weight is 355 g/mol. The van der Waals surface area contributed by atoms with Crippen LogP contribution in [0.1, 0.15) is 39.2 Å². The third-order valence-electron chi connectivity index (χ3n) is 3.70. The second kappa shape index (κ2) is 7.99. The van der Waals surface area contributed by atoms with Gasteiger partial charge in [0.05, 0.1) is 0 Å². The maximum atomic E-state index is 14.0. The fraction of sp³-hybridized carbons (Fsp3) is 0.588. The average Bonchev–Trinajstić information content (AvgIpc) is 2.48. The summed E-state index contributed by atoms with van der Waals surface area (Å²) in [6.45, 7) is 6.09. The highest BCUT2D eigenvalue weighted by Gasteiger charge is 2.28. The molecule has 0 saturated carbocycles. The Morgan fingerprint density at radius 2 is 2.04 bits per heavy atom. The maximum Gasteiger partial charge on any atom is 0.410 e. The summed E-state index contributed by atoms with van der Waals surface area (Å²) >= 11 is 0. The zero-order chi connectivity index (χ0) is 18.6. The van der Waals surface area contributed by atoms with E-state index >= 15 is 0 Å². The van der Waals surface area contributed by atoms with Gasteiger partial charge in [-0.05, 0) is 38.5 Å². The molecule has 1 heterocycles. The molecule has 2 rings (SSSR count). The Labute approximate surface area is 146 Å². The lowest BCUT2D eigenvalue weighted by molar-refractivity contribution is -0.0488. The number of amides is 1. The summed E-state index contributed by atoms with van der Waals surface area (Å²) in [6.07, 6.45) is 0.595. The number of rotatable bonds is 4. The van der Waals surface area contributed by atoms with Crippen molar-refractivity contribution in [3.8, 4) is 5.75 Å². The highest BCUT2D eigenvalue weighted by molar-refractivity contribution is 5.68. The minimum Gasteiger partial charge on any atom is -0.762 e. The van der Waals surface area contributed by atoms with Crippen molar-refractivity contribution in [3.05, 3.63) is 34.8 Å². The van der Waals surface area contributed by atoms with Gasteiger partial charge >= 0.3 is 6.09 Å². The maximum absolute atomic E-state index is 14.0. The van der Waals surface area contributed by atoms with E-state index in [0.717, 1.165) is 6.07 Å². The Morgan fingerprint density at radius 3 is 2.56 bits per heavy atom. The Kier molecular flexibility index (Phi) is 6.21. The van der Waals surface area contributed by atoms with Crippen LogP contribution in [0.25, 0.3) is 0 Å². The predicted molar refractivity (Wildman–Crippen MR) is 88.6 cm³/mol. The summed E-state index contributed by atoms with van der Waals surface area (Å²) < 4.78 is 25.0. The standard InChI is InChI=1S/C17H24FN2O5/c1-17(2,3)25-16(21)19-8-6-13(7-9-19)24-15-5-4-12(10-14(15)18)11-20(22)23/h4-5,10,13,22H,6-9,11H2,1-3H3/q-1. The van der Waals surface area contributed by atoms with Crippen LogP contribution in [-0.2, 0) is 11.3 Å². The normalized spacial score (nSPS) is 16.2. The Hall–Kier alpha value is -1.90. The summed E-state index contributed by atoms with van der Waals surface area (Å²) in [5.74, 6) is -0.497. The molecule has 1 aliphatic rings. The van der Waals surface area contributed by atoms with E-state index in [1.807, 2.05) is 20.8 Å². The predicted octanol–water partition coefficient (Wildman–Crippen LogP) is 3.29. The molecular weight excluding hydrogens is 331 g/mol. The van der Waals surface area contributed by atoms with Crippen LogP contribution in [0, 0.1) is 11.0 Å². The number of halogens is 1. The fourth-order valence-electron chi connectivity index (χ4n) is 2.56. The number of carbonyl (C=O) groups is 1. The molecule has 0 atom stereocenters. The van der Waals surface area contributed by atoms with Crippen LogP contribution in [-0.4, -0.2) is 46.2 Å². The third kappa shape index (κ3) is 6.15. The first-order valence-electron chi connectivity index (χ1n) is 8.20. The Morgan fingerprint density at radius 1 is 1.40 bits per heavy atom. The molecule has 1 aromatic carbocycles. The number of carbonyl (C=O) groups excluding carboxylic acids is 1. The van der Waals surface area contributed by atoms with Crippen molar-refractivity contribution >= 4 is 6.09 Å². The lowest BCUT2D eigenvalue weighted by atomic mass is 10.1. The number of hydrogen-bond donors (Lipinski definition) is 1. The van der Waals surface area contributed by atoms with E-state index in [2.05, 4.69) is 0 Å². The number of likely N-dealkylation sites (tertiary alicyclic amines) is 1. The molecule has 25 heavy (non-hydrogen) atoms. The van der Waals surface area contributed by atoms with Gasteiger partial charge in [-0.1, -0.05) is 6.07 Å². The SMILES string of the molecule is CC(C)(C)OC(=O)N1CCC(Oc2ccc(CN([O-])O)cc2F)CC1.